The Morgan fingerprint density at radius 2 is 2.25 bits per heavy atom. The predicted octanol–water partition coefficient (Wildman–Crippen LogP) is 2.60. The normalized spacial score (nSPS) is 9.58. The van der Waals surface area contributed by atoms with Crippen molar-refractivity contribution in [3.8, 4) is 0 Å². The second-order valence-corrected chi connectivity index (χ2v) is 2.62. The Bertz CT molecular complexity index is 312. The second kappa shape index (κ2) is 3.67. The summed E-state index contributed by atoms with van der Waals surface area (Å²) in [7, 11) is 0. The largest absolute Gasteiger partial charge is 0.380 e. The van der Waals surface area contributed by atoms with Crippen LogP contribution in [0.1, 0.15) is 15.9 Å². The van der Waals surface area contributed by atoms with E-state index in [0.29, 0.717) is 5.56 Å². The lowest BCUT2D eigenvalue weighted by Crippen LogP contribution is -2.02. The van der Waals surface area contributed by atoms with E-state index in [9.17, 15) is 9.18 Å². The molecule has 0 aliphatic carbocycles. The molecule has 0 spiro atoms. The molecule has 0 unspecified atom stereocenters. The van der Waals surface area contributed by atoms with Crippen LogP contribution in [0.4, 0.5) is 4.39 Å². The summed E-state index contributed by atoms with van der Waals surface area (Å²) in [5.74, 6) is -1.27. The molecule has 1 rings (SSSR count). The van der Waals surface area contributed by atoms with E-state index in [-0.39, 0.29) is 5.56 Å². The molecule has 12 heavy (non-hydrogen) atoms. The molecule has 1 aromatic rings. The van der Waals surface area contributed by atoms with Gasteiger partial charge in [0.2, 0.25) is 0 Å². The molecule has 1 aromatic carbocycles. The van der Waals surface area contributed by atoms with E-state index in [1.54, 1.807) is 19.1 Å². The van der Waals surface area contributed by atoms with E-state index in [0.717, 1.165) is 0 Å². The summed E-state index contributed by atoms with van der Waals surface area (Å²) >= 11 is 2.49. The van der Waals surface area contributed by atoms with Crippen molar-refractivity contribution < 1.29 is 13.0 Å². The molecule has 2 nitrogen and oxygen atoms in total. The van der Waals surface area contributed by atoms with Crippen molar-refractivity contribution in [3.05, 3.63) is 35.1 Å². The zero-order valence-corrected chi connectivity index (χ0v) is 7.89. The summed E-state index contributed by atoms with van der Waals surface area (Å²) < 4.78 is 17.3. The van der Waals surface area contributed by atoms with Gasteiger partial charge in [-0.05, 0) is 18.6 Å². The minimum Gasteiger partial charge on any atom is -0.380 e. The third-order valence-corrected chi connectivity index (χ3v) is 1.78. The first-order chi connectivity index (χ1) is 5.66. The van der Waals surface area contributed by atoms with Gasteiger partial charge in [0.1, 0.15) is 5.82 Å². The molecule has 0 aliphatic heterocycles. The van der Waals surface area contributed by atoms with E-state index >= 15 is 0 Å². The lowest BCUT2D eigenvalue weighted by atomic mass is 10.1. The molecule has 0 aromatic heterocycles. The van der Waals surface area contributed by atoms with Crippen LogP contribution < -0.4 is 0 Å². The number of hydrogen-bond donors (Lipinski definition) is 0. The molecular formula is C8H6BrFO2. The highest BCUT2D eigenvalue weighted by molar-refractivity contribution is 9.06. The molecule has 0 radical (unpaired) electrons. The minimum absolute atomic E-state index is 0.0631. The quantitative estimate of drug-likeness (QED) is 0.745. The number of carbonyl (C=O) groups is 1. The van der Waals surface area contributed by atoms with Crippen LogP contribution in [0.5, 0.6) is 0 Å². The third-order valence-electron chi connectivity index (χ3n) is 1.48. The molecule has 0 bridgehead atoms. The standard InChI is InChI=1S/C8H6BrFO2/c1-5-3-2-4-6(7(5)10)8(11)12-9/h2-4H,1H3. The lowest BCUT2D eigenvalue weighted by molar-refractivity contribution is 0.0777. The van der Waals surface area contributed by atoms with Gasteiger partial charge in [0.15, 0.2) is 16.3 Å². The predicted molar refractivity (Wildman–Crippen MR) is 45.5 cm³/mol. The molecule has 0 saturated heterocycles. The molecule has 0 saturated carbocycles. The maximum absolute atomic E-state index is 13.1. The first-order valence-corrected chi connectivity index (χ1v) is 3.89. The zero-order chi connectivity index (χ0) is 9.14. The number of carbonyl (C=O) groups excluding carboxylic acids is 1. The SMILES string of the molecule is Cc1cccc(C(=O)OBr)c1F. The van der Waals surface area contributed by atoms with Crippen LogP contribution in [0.3, 0.4) is 0 Å². The fourth-order valence-corrected chi connectivity index (χ4v) is 1.02. The van der Waals surface area contributed by atoms with Gasteiger partial charge in [-0.2, -0.15) is 0 Å². The van der Waals surface area contributed by atoms with Gasteiger partial charge >= 0.3 is 5.97 Å². The molecule has 0 aliphatic rings. The molecule has 0 fully saturated rings. The van der Waals surface area contributed by atoms with Gasteiger partial charge < -0.3 is 3.83 Å². The Kier molecular flexibility index (Phi) is 2.81. The van der Waals surface area contributed by atoms with Crippen molar-refractivity contribution in [1.29, 1.82) is 0 Å². The summed E-state index contributed by atoms with van der Waals surface area (Å²) in [6.07, 6.45) is 0. The fourth-order valence-electron chi connectivity index (χ4n) is 0.847. The molecule has 0 N–H and O–H groups in total. The molecule has 0 atom stereocenters. The van der Waals surface area contributed by atoms with E-state index < -0.39 is 11.8 Å². The molecule has 0 heterocycles. The summed E-state index contributed by atoms with van der Waals surface area (Å²) in [5.41, 5.74) is 0.359. The number of rotatable bonds is 1. The molecule has 4 heteroatoms. The van der Waals surface area contributed by atoms with Gasteiger partial charge in [-0.1, -0.05) is 12.1 Å². The van der Waals surface area contributed by atoms with Gasteiger partial charge in [0.25, 0.3) is 0 Å². The molecule has 64 valence electrons. The van der Waals surface area contributed by atoms with E-state index in [2.05, 4.69) is 20.1 Å². The second-order valence-electron chi connectivity index (χ2n) is 2.30. The average molecular weight is 233 g/mol. The van der Waals surface area contributed by atoms with E-state index in [4.69, 9.17) is 0 Å². The van der Waals surface area contributed by atoms with Crippen LogP contribution in [0, 0.1) is 12.7 Å². The van der Waals surface area contributed by atoms with Crippen molar-refractivity contribution in [2.45, 2.75) is 6.92 Å². The van der Waals surface area contributed by atoms with Gasteiger partial charge in [0, 0.05) is 0 Å². The zero-order valence-electron chi connectivity index (χ0n) is 6.30. The number of halogens is 2. The maximum atomic E-state index is 13.1. The van der Waals surface area contributed by atoms with Crippen molar-refractivity contribution in [2.75, 3.05) is 0 Å². The smallest absolute Gasteiger partial charge is 0.352 e. The highest BCUT2D eigenvalue weighted by atomic mass is 79.9. The van der Waals surface area contributed by atoms with Crippen LogP contribution in [0.25, 0.3) is 0 Å². The van der Waals surface area contributed by atoms with E-state index in [1.807, 2.05) is 0 Å². The topological polar surface area (TPSA) is 26.3 Å². The molecule has 0 amide bonds. The van der Waals surface area contributed by atoms with Crippen molar-refractivity contribution in [1.82, 2.24) is 0 Å². The Morgan fingerprint density at radius 1 is 1.58 bits per heavy atom. The van der Waals surface area contributed by atoms with Crippen LogP contribution >= 0.6 is 16.3 Å². The van der Waals surface area contributed by atoms with Gasteiger partial charge in [-0.25, -0.2) is 9.18 Å². The fraction of sp³-hybridized carbons (Fsp3) is 0.125. The third kappa shape index (κ3) is 1.64. The van der Waals surface area contributed by atoms with Gasteiger partial charge in [-0.15, -0.1) is 0 Å². The first kappa shape index (κ1) is 9.19. The van der Waals surface area contributed by atoms with Crippen LogP contribution in [0.2, 0.25) is 0 Å². The Labute approximate surface area is 77.8 Å². The van der Waals surface area contributed by atoms with Crippen molar-refractivity contribution in [3.63, 3.8) is 0 Å². The Hall–Kier alpha value is -0.900. The van der Waals surface area contributed by atoms with Crippen LogP contribution in [0.15, 0.2) is 18.2 Å². The Morgan fingerprint density at radius 3 is 2.83 bits per heavy atom. The highest BCUT2D eigenvalue weighted by Crippen LogP contribution is 2.13. The average Bonchev–Trinajstić information content (AvgIpc) is 2.08. The molecular weight excluding hydrogens is 227 g/mol. The minimum atomic E-state index is -0.726. The maximum Gasteiger partial charge on any atom is 0.352 e. The number of hydrogen-bond acceptors (Lipinski definition) is 2. The monoisotopic (exact) mass is 232 g/mol. The van der Waals surface area contributed by atoms with Crippen molar-refractivity contribution >= 4 is 22.2 Å². The van der Waals surface area contributed by atoms with Gasteiger partial charge in [0.05, 0.1) is 5.56 Å². The van der Waals surface area contributed by atoms with Crippen LogP contribution in [-0.4, -0.2) is 5.97 Å². The van der Waals surface area contributed by atoms with Crippen LogP contribution in [-0.2, 0) is 3.83 Å². The van der Waals surface area contributed by atoms with E-state index in [1.165, 1.54) is 6.07 Å². The first-order valence-electron chi connectivity index (χ1n) is 3.25. The number of benzene rings is 1. The summed E-state index contributed by atoms with van der Waals surface area (Å²) in [5, 5.41) is 0. The number of aryl methyl sites for hydroxylation is 1. The Balaban J connectivity index is 3.16. The summed E-state index contributed by atoms with van der Waals surface area (Å²) in [4.78, 5) is 10.9. The van der Waals surface area contributed by atoms with Crippen molar-refractivity contribution in [2.24, 2.45) is 0 Å². The van der Waals surface area contributed by atoms with Gasteiger partial charge in [-0.3, -0.25) is 0 Å². The highest BCUT2D eigenvalue weighted by Gasteiger charge is 2.13. The summed E-state index contributed by atoms with van der Waals surface area (Å²) in [6, 6.07) is 4.55. The summed E-state index contributed by atoms with van der Waals surface area (Å²) in [6.45, 7) is 1.58. The lowest BCUT2D eigenvalue weighted by Gasteiger charge is -2.00.